The van der Waals surface area contributed by atoms with E-state index in [2.05, 4.69) is 6.92 Å². The van der Waals surface area contributed by atoms with Crippen LogP contribution in [0.2, 0.25) is 15.1 Å². The van der Waals surface area contributed by atoms with Crippen LogP contribution < -0.4 is 4.74 Å². The molecule has 0 aliphatic heterocycles. The van der Waals surface area contributed by atoms with Crippen molar-refractivity contribution in [2.75, 3.05) is 6.61 Å². The standard InChI is InChI=1S/C20H27Cl3O4/c1-2-3-4-5-6-7-8-9-12-26-18(24)10-11-19(25)27-17-14-15(21)13-16(22)20(17)23/h13-14H,2-12H2,1H3. The highest BCUT2D eigenvalue weighted by Crippen LogP contribution is 2.35. The molecule has 0 unspecified atom stereocenters. The molecule has 0 saturated heterocycles. The monoisotopic (exact) mass is 436 g/mol. The number of ether oxygens (including phenoxy) is 2. The summed E-state index contributed by atoms with van der Waals surface area (Å²) in [6.45, 7) is 2.59. The van der Waals surface area contributed by atoms with Crippen molar-refractivity contribution >= 4 is 46.7 Å². The van der Waals surface area contributed by atoms with E-state index in [0.717, 1.165) is 19.3 Å². The number of hydrogen-bond donors (Lipinski definition) is 0. The van der Waals surface area contributed by atoms with E-state index in [1.54, 1.807) is 0 Å². The summed E-state index contributed by atoms with van der Waals surface area (Å²) in [6.07, 6.45) is 9.28. The Morgan fingerprint density at radius 3 is 2.11 bits per heavy atom. The zero-order valence-corrected chi connectivity index (χ0v) is 18.0. The first-order valence-electron chi connectivity index (χ1n) is 9.45. The lowest BCUT2D eigenvalue weighted by atomic mass is 10.1. The summed E-state index contributed by atoms with van der Waals surface area (Å²) < 4.78 is 10.2. The number of esters is 2. The van der Waals surface area contributed by atoms with Gasteiger partial charge in [0, 0.05) is 11.1 Å². The molecule has 4 nitrogen and oxygen atoms in total. The average Bonchev–Trinajstić information content (AvgIpc) is 2.62. The first-order valence-corrected chi connectivity index (χ1v) is 10.6. The first-order chi connectivity index (χ1) is 12.9. The number of rotatable bonds is 13. The Labute approximate surface area is 176 Å². The topological polar surface area (TPSA) is 52.6 Å². The molecule has 0 aromatic heterocycles. The van der Waals surface area contributed by atoms with E-state index in [9.17, 15) is 9.59 Å². The van der Waals surface area contributed by atoms with Crippen molar-refractivity contribution in [3.63, 3.8) is 0 Å². The molecule has 0 spiro atoms. The highest BCUT2D eigenvalue weighted by Gasteiger charge is 2.14. The minimum atomic E-state index is -0.598. The fraction of sp³-hybridized carbons (Fsp3) is 0.600. The molecule has 0 N–H and O–H groups in total. The van der Waals surface area contributed by atoms with Crippen LogP contribution in [0.4, 0.5) is 0 Å². The Bertz CT molecular complexity index is 605. The zero-order valence-electron chi connectivity index (χ0n) is 15.7. The van der Waals surface area contributed by atoms with E-state index in [-0.39, 0.29) is 28.6 Å². The fourth-order valence-electron chi connectivity index (χ4n) is 2.48. The van der Waals surface area contributed by atoms with Crippen LogP contribution in [-0.2, 0) is 14.3 Å². The lowest BCUT2D eigenvalue weighted by Crippen LogP contribution is -2.13. The van der Waals surface area contributed by atoms with Crippen LogP contribution in [0.15, 0.2) is 12.1 Å². The van der Waals surface area contributed by atoms with Gasteiger partial charge in [0.25, 0.3) is 0 Å². The van der Waals surface area contributed by atoms with Gasteiger partial charge in [-0.25, -0.2) is 0 Å². The molecule has 152 valence electrons. The Hall–Kier alpha value is -0.970. The van der Waals surface area contributed by atoms with E-state index in [1.807, 2.05) is 0 Å². The summed E-state index contributed by atoms with van der Waals surface area (Å²) in [5.41, 5.74) is 0. The summed E-state index contributed by atoms with van der Waals surface area (Å²) in [5, 5.41) is 0.598. The lowest BCUT2D eigenvalue weighted by molar-refractivity contribution is -0.147. The maximum absolute atomic E-state index is 11.8. The lowest BCUT2D eigenvalue weighted by Gasteiger charge is -2.08. The third-order valence-electron chi connectivity index (χ3n) is 3.98. The van der Waals surface area contributed by atoms with Crippen molar-refractivity contribution in [1.29, 1.82) is 0 Å². The summed E-state index contributed by atoms with van der Waals surface area (Å²) in [7, 11) is 0. The molecule has 27 heavy (non-hydrogen) atoms. The Morgan fingerprint density at radius 2 is 1.44 bits per heavy atom. The molecule has 0 fully saturated rings. The van der Waals surface area contributed by atoms with Gasteiger partial charge in [0.1, 0.15) is 5.02 Å². The van der Waals surface area contributed by atoms with E-state index in [0.29, 0.717) is 11.6 Å². The molecule has 0 amide bonds. The summed E-state index contributed by atoms with van der Waals surface area (Å²) >= 11 is 17.7. The molecule has 1 aromatic carbocycles. The SMILES string of the molecule is CCCCCCCCCCOC(=O)CCC(=O)Oc1cc(Cl)cc(Cl)c1Cl. The van der Waals surface area contributed by atoms with E-state index in [1.165, 1.54) is 44.2 Å². The second-order valence-electron chi connectivity index (χ2n) is 6.37. The quantitative estimate of drug-likeness (QED) is 0.144. The predicted molar refractivity (Wildman–Crippen MR) is 110 cm³/mol. The van der Waals surface area contributed by atoms with Crippen molar-refractivity contribution in [2.45, 2.75) is 71.1 Å². The predicted octanol–water partition coefficient (Wildman–Crippen LogP) is 7.02. The number of carbonyl (C=O) groups is 2. The molecule has 0 atom stereocenters. The molecule has 0 bridgehead atoms. The van der Waals surface area contributed by atoms with Gasteiger partial charge >= 0.3 is 11.9 Å². The summed E-state index contributed by atoms with van der Waals surface area (Å²) in [4.78, 5) is 23.5. The molecule has 0 radical (unpaired) electrons. The minimum absolute atomic E-state index is 0.0399. The maximum atomic E-state index is 11.8. The van der Waals surface area contributed by atoms with E-state index in [4.69, 9.17) is 44.3 Å². The molecule has 0 saturated carbocycles. The maximum Gasteiger partial charge on any atom is 0.311 e. The van der Waals surface area contributed by atoms with Gasteiger partial charge in [-0.05, 0) is 12.5 Å². The van der Waals surface area contributed by atoms with Crippen LogP contribution in [0.1, 0.15) is 71.1 Å². The smallest absolute Gasteiger partial charge is 0.311 e. The van der Waals surface area contributed by atoms with Gasteiger partial charge in [-0.2, -0.15) is 0 Å². The molecule has 1 aromatic rings. The summed E-state index contributed by atoms with van der Waals surface area (Å²) in [5.74, 6) is -0.934. The third-order valence-corrected chi connectivity index (χ3v) is 4.98. The molecule has 0 heterocycles. The van der Waals surface area contributed by atoms with Crippen LogP contribution in [-0.4, -0.2) is 18.5 Å². The third kappa shape index (κ3) is 10.8. The van der Waals surface area contributed by atoms with Gasteiger partial charge in [-0.15, -0.1) is 0 Å². The Morgan fingerprint density at radius 1 is 0.852 bits per heavy atom. The molecule has 0 aliphatic carbocycles. The normalized spacial score (nSPS) is 10.7. The largest absolute Gasteiger partial charge is 0.466 e. The average molecular weight is 438 g/mol. The van der Waals surface area contributed by atoms with Gasteiger partial charge in [-0.1, -0.05) is 86.7 Å². The summed E-state index contributed by atoms with van der Waals surface area (Å²) in [6, 6.07) is 2.85. The van der Waals surface area contributed by atoms with E-state index < -0.39 is 11.9 Å². The van der Waals surface area contributed by atoms with Crippen molar-refractivity contribution in [3.05, 3.63) is 27.2 Å². The Balaban J connectivity index is 2.13. The highest BCUT2D eigenvalue weighted by molar-refractivity contribution is 6.44. The molecular formula is C20H27Cl3O4. The van der Waals surface area contributed by atoms with Crippen molar-refractivity contribution in [1.82, 2.24) is 0 Å². The molecule has 1 rings (SSSR count). The van der Waals surface area contributed by atoms with Crippen LogP contribution in [0.3, 0.4) is 0 Å². The van der Waals surface area contributed by atoms with Gasteiger partial charge in [-0.3, -0.25) is 9.59 Å². The number of unbranched alkanes of at least 4 members (excludes halogenated alkanes) is 7. The second-order valence-corrected chi connectivity index (χ2v) is 7.59. The van der Waals surface area contributed by atoms with Crippen LogP contribution >= 0.6 is 34.8 Å². The van der Waals surface area contributed by atoms with Crippen molar-refractivity contribution in [2.24, 2.45) is 0 Å². The Kier molecular flexibility index (Phi) is 12.6. The van der Waals surface area contributed by atoms with Crippen LogP contribution in [0.5, 0.6) is 5.75 Å². The molecular weight excluding hydrogens is 411 g/mol. The molecule has 7 heteroatoms. The van der Waals surface area contributed by atoms with Gasteiger partial charge in [0.2, 0.25) is 0 Å². The van der Waals surface area contributed by atoms with Crippen molar-refractivity contribution in [3.8, 4) is 5.75 Å². The zero-order chi connectivity index (χ0) is 20.1. The number of benzene rings is 1. The van der Waals surface area contributed by atoms with Gasteiger partial charge in [0.15, 0.2) is 5.75 Å². The highest BCUT2D eigenvalue weighted by atomic mass is 35.5. The minimum Gasteiger partial charge on any atom is -0.466 e. The van der Waals surface area contributed by atoms with E-state index >= 15 is 0 Å². The van der Waals surface area contributed by atoms with Crippen LogP contribution in [0.25, 0.3) is 0 Å². The number of hydrogen-bond acceptors (Lipinski definition) is 4. The fourth-order valence-corrected chi connectivity index (χ4v) is 3.10. The van der Waals surface area contributed by atoms with Gasteiger partial charge in [0.05, 0.1) is 24.5 Å². The van der Waals surface area contributed by atoms with Crippen molar-refractivity contribution < 1.29 is 19.1 Å². The molecule has 0 aliphatic rings. The van der Waals surface area contributed by atoms with Crippen LogP contribution in [0, 0.1) is 0 Å². The number of halogens is 3. The second kappa shape index (κ2) is 14.1. The number of carbonyl (C=O) groups excluding carboxylic acids is 2. The van der Waals surface area contributed by atoms with Gasteiger partial charge < -0.3 is 9.47 Å². The first kappa shape index (κ1) is 24.1.